The van der Waals surface area contributed by atoms with Gasteiger partial charge in [-0.15, -0.1) is 0 Å². The number of benzene rings is 2. The molecule has 0 unspecified atom stereocenters. The number of fused-ring (bicyclic) bond motifs is 4. The van der Waals surface area contributed by atoms with Crippen LogP contribution in [0.5, 0.6) is 5.75 Å². The molecule has 4 atom stereocenters. The van der Waals surface area contributed by atoms with Crippen LogP contribution in [0, 0.1) is 11.8 Å². The predicted molar refractivity (Wildman–Crippen MR) is 130 cm³/mol. The SMILES string of the molecule is C[C@@]12C[C@@H](c3ccccc3O1)[C@@H](C(N)=O)C(=O)N2CCNC(=O)[C@@H]1CC(=O)N(Cc2ccccc2)C1. The van der Waals surface area contributed by atoms with Crippen molar-refractivity contribution < 1.29 is 23.9 Å². The number of primary amides is 1. The number of hydrogen-bond donors (Lipinski definition) is 2. The maximum absolute atomic E-state index is 13.4. The fourth-order valence-corrected chi connectivity index (χ4v) is 5.72. The fourth-order valence-electron chi connectivity index (χ4n) is 5.72. The number of nitrogens with zero attached hydrogens (tertiary/aromatic N) is 2. The number of likely N-dealkylation sites (tertiary alicyclic amines) is 2. The molecule has 3 heterocycles. The Morgan fingerprint density at radius 1 is 1.11 bits per heavy atom. The van der Waals surface area contributed by atoms with Gasteiger partial charge in [0.2, 0.25) is 23.6 Å². The molecule has 2 fully saturated rings. The topological polar surface area (TPSA) is 122 Å². The Bertz CT molecular complexity index is 1200. The Morgan fingerprint density at radius 3 is 2.58 bits per heavy atom. The maximum Gasteiger partial charge on any atom is 0.238 e. The van der Waals surface area contributed by atoms with Crippen molar-refractivity contribution in [1.82, 2.24) is 15.1 Å². The van der Waals surface area contributed by atoms with E-state index in [2.05, 4.69) is 5.32 Å². The van der Waals surface area contributed by atoms with Gasteiger partial charge in [-0.3, -0.25) is 19.2 Å². The number of para-hydroxylation sites is 1. The van der Waals surface area contributed by atoms with E-state index in [1.54, 1.807) is 4.90 Å². The number of carbonyl (C=O) groups is 4. The molecule has 0 radical (unpaired) electrons. The van der Waals surface area contributed by atoms with Crippen LogP contribution in [-0.4, -0.2) is 58.8 Å². The lowest BCUT2D eigenvalue weighted by Gasteiger charge is -2.52. The molecule has 3 aliphatic heterocycles. The van der Waals surface area contributed by atoms with Crippen LogP contribution in [0.2, 0.25) is 0 Å². The molecule has 3 N–H and O–H groups in total. The van der Waals surface area contributed by atoms with E-state index in [1.165, 1.54) is 4.90 Å². The molecule has 188 valence electrons. The minimum atomic E-state index is -0.988. The van der Waals surface area contributed by atoms with E-state index in [-0.39, 0.29) is 37.2 Å². The van der Waals surface area contributed by atoms with Crippen LogP contribution < -0.4 is 15.8 Å². The van der Waals surface area contributed by atoms with E-state index < -0.39 is 29.4 Å². The number of rotatable bonds is 7. The van der Waals surface area contributed by atoms with Gasteiger partial charge in [0.1, 0.15) is 11.7 Å². The molecule has 5 rings (SSSR count). The van der Waals surface area contributed by atoms with Crippen LogP contribution in [0.3, 0.4) is 0 Å². The van der Waals surface area contributed by atoms with Gasteiger partial charge in [-0.1, -0.05) is 48.5 Å². The standard InChI is InChI=1S/C27H30N4O5/c1-27-14-20(19-9-5-6-10-21(19)36-27)23(24(28)33)26(35)31(27)12-11-29-25(34)18-13-22(32)30(16-18)15-17-7-3-2-4-8-17/h2-10,18,20,23H,11-16H2,1H3,(H2,28,33)(H,29,34)/t18-,20+,23+,27+/m1/s1. The second kappa shape index (κ2) is 9.29. The molecule has 0 aliphatic carbocycles. The zero-order valence-corrected chi connectivity index (χ0v) is 20.2. The molecule has 0 spiro atoms. The summed E-state index contributed by atoms with van der Waals surface area (Å²) in [4.78, 5) is 54.2. The third kappa shape index (κ3) is 4.29. The monoisotopic (exact) mass is 490 g/mol. The summed E-state index contributed by atoms with van der Waals surface area (Å²) >= 11 is 0. The van der Waals surface area contributed by atoms with E-state index >= 15 is 0 Å². The lowest BCUT2D eigenvalue weighted by molar-refractivity contribution is -0.175. The van der Waals surface area contributed by atoms with Gasteiger partial charge < -0.3 is 25.6 Å². The molecule has 2 aromatic rings. The normalized spacial score (nSPS) is 26.9. The zero-order chi connectivity index (χ0) is 25.4. The summed E-state index contributed by atoms with van der Waals surface area (Å²) in [6.45, 7) is 2.98. The first-order chi connectivity index (χ1) is 17.3. The van der Waals surface area contributed by atoms with E-state index in [0.29, 0.717) is 25.3 Å². The minimum Gasteiger partial charge on any atom is -0.468 e. The summed E-state index contributed by atoms with van der Waals surface area (Å²) in [5.41, 5.74) is 6.53. The summed E-state index contributed by atoms with van der Waals surface area (Å²) in [7, 11) is 0. The second-order valence-electron chi connectivity index (χ2n) is 9.95. The van der Waals surface area contributed by atoms with Crippen molar-refractivity contribution in [3.63, 3.8) is 0 Å². The van der Waals surface area contributed by atoms with Crippen LogP contribution in [0.1, 0.15) is 36.8 Å². The van der Waals surface area contributed by atoms with Gasteiger partial charge in [-0.05, 0) is 24.1 Å². The van der Waals surface area contributed by atoms with Crippen molar-refractivity contribution >= 4 is 23.6 Å². The number of nitrogens with one attached hydrogen (secondary N) is 1. The molecular formula is C27H30N4O5. The van der Waals surface area contributed by atoms with Gasteiger partial charge in [-0.2, -0.15) is 0 Å². The summed E-state index contributed by atoms with van der Waals surface area (Å²) in [5, 5.41) is 2.87. The predicted octanol–water partition coefficient (Wildman–Crippen LogP) is 1.38. The Morgan fingerprint density at radius 2 is 1.83 bits per heavy atom. The number of nitrogens with two attached hydrogens (primary N) is 1. The quantitative estimate of drug-likeness (QED) is 0.568. The summed E-state index contributed by atoms with van der Waals surface area (Å²) in [6, 6.07) is 17.0. The number of carbonyl (C=O) groups excluding carboxylic acids is 4. The number of piperidine rings is 1. The maximum atomic E-state index is 13.4. The van der Waals surface area contributed by atoms with Crippen LogP contribution in [0.15, 0.2) is 54.6 Å². The molecule has 2 saturated heterocycles. The zero-order valence-electron chi connectivity index (χ0n) is 20.2. The van der Waals surface area contributed by atoms with Crippen molar-refractivity contribution in [2.24, 2.45) is 17.6 Å². The average Bonchev–Trinajstić information content (AvgIpc) is 3.21. The van der Waals surface area contributed by atoms with Gasteiger partial charge >= 0.3 is 0 Å². The molecule has 0 saturated carbocycles. The van der Waals surface area contributed by atoms with Crippen LogP contribution >= 0.6 is 0 Å². The summed E-state index contributed by atoms with van der Waals surface area (Å²) in [5.74, 6) is -2.50. The summed E-state index contributed by atoms with van der Waals surface area (Å²) < 4.78 is 6.23. The van der Waals surface area contributed by atoms with Gasteiger partial charge in [0.25, 0.3) is 0 Å². The first kappa shape index (κ1) is 23.8. The van der Waals surface area contributed by atoms with Crippen molar-refractivity contribution in [3.8, 4) is 5.75 Å². The highest BCUT2D eigenvalue weighted by Gasteiger charge is 2.55. The fraction of sp³-hybridized carbons (Fsp3) is 0.407. The van der Waals surface area contributed by atoms with Crippen molar-refractivity contribution in [3.05, 3.63) is 65.7 Å². The third-order valence-corrected chi connectivity index (χ3v) is 7.50. The Hall–Kier alpha value is -3.88. The van der Waals surface area contributed by atoms with E-state index in [4.69, 9.17) is 10.5 Å². The Labute approximate surface area is 209 Å². The number of hydrogen-bond acceptors (Lipinski definition) is 5. The number of ether oxygens (including phenoxy) is 1. The molecule has 4 amide bonds. The van der Waals surface area contributed by atoms with Crippen LogP contribution in [0.4, 0.5) is 0 Å². The molecule has 3 aliphatic rings. The van der Waals surface area contributed by atoms with Crippen molar-refractivity contribution in [1.29, 1.82) is 0 Å². The molecule has 9 heteroatoms. The average molecular weight is 491 g/mol. The van der Waals surface area contributed by atoms with Crippen molar-refractivity contribution in [2.75, 3.05) is 19.6 Å². The van der Waals surface area contributed by atoms with Crippen LogP contribution in [0.25, 0.3) is 0 Å². The van der Waals surface area contributed by atoms with Gasteiger partial charge in [0.05, 0.1) is 5.92 Å². The van der Waals surface area contributed by atoms with E-state index in [1.807, 2.05) is 61.5 Å². The van der Waals surface area contributed by atoms with Gasteiger partial charge in [-0.25, -0.2) is 0 Å². The highest BCUT2D eigenvalue weighted by Crippen LogP contribution is 2.49. The lowest BCUT2D eigenvalue weighted by Crippen LogP contribution is -2.65. The van der Waals surface area contributed by atoms with Gasteiger partial charge in [0, 0.05) is 44.9 Å². The Balaban J connectivity index is 1.22. The minimum absolute atomic E-state index is 0.0534. The molecular weight excluding hydrogens is 460 g/mol. The molecule has 2 bridgehead atoms. The van der Waals surface area contributed by atoms with Crippen molar-refractivity contribution in [2.45, 2.75) is 38.0 Å². The third-order valence-electron chi connectivity index (χ3n) is 7.50. The smallest absolute Gasteiger partial charge is 0.238 e. The molecule has 9 nitrogen and oxygen atoms in total. The summed E-state index contributed by atoms with van der Waals surface area (Å²) in [6.07, 6.45) is 0.591. The second-order valence-corrected chi connectivity index (χ2v) is 9.95. The lowest BCUT2D eigenvalue weighted by atomic mass is 9.73. The van der Waals surface area contributed by atoms with E-state index in [9.17, 15) is 19.2 Å². The Kier molecular flexibility index (Phi) is 6.15. The van der Waals surface area contributed by atoms with Crippen LogP contribution in [-0.2, 0) is 25.7 Å². The first-order valence-electron chi connectivity index (χ1n) is 12.2. The highest BCUT2D eigenvalue weighted by molar-refractivity contribution is 6.02. The molecule has 0 aromatic heterocycles. The van der Waals surface area contributed by atoms with Gasteiger partial charge in [0.15, 0.2) is 5.72 Å². The highest BCUT2D eigenvalue weighted by atomic mass is 16.5. The molecule has 36 heavy (non-hydrogen) atoms. The first-order valence-corrected chi connectivity index (χ1v) is 12.2. The van der Waals surface area contributed by atoms with E-state index in [0.717, 1.165) is 11.1 Å². The number of amides is 4. The largest absolute Gasteiger partial charge is 0.468 e. The molecule has 2 aromatic carbocycles.